The van der Waals surface area contributed by atoms with E-state index in [1.165, 1.54) is 0 Å². The molecule has 0 spiro atoms. The zero-order chi connectivity index (χ0) is 6.41. The summed E-state index contributed by atoms with van der Waals surface area (Å²) in [5, 5.41) is 8.36. The van der Waals surface area contributed by atoms with Crippen LogP contribution in [0.1, 0.15) is 6.42 Å². The highest BCUT2D eigenvalue weighted by Crippen LogP contribution is 1.96. The molecule has 0 radical (unpaired) electrons. The van der Waals surface area contributed by atoms with Gasteiger partial charge in [-0.15, -0.1) is 5.73 Å². The molecule has 0 fully saturated rings. The van der Waals surface area contributed by atoms with Crippen LogP contribution in [0.5, 0.6) is 0 Å². The van der Waals surface area contributed by atoms with Crippen LogP contribution in [0, 0.1) is 0 Å². The minimum atomic E-state index is 0.143. The summed E-state index contributed by atoms with van der Waals surface area (Å²) in [6.07, 6.45) is 2.25. The molecule has 0 heterocycles. The van der Waals surface area contributed by atoms with Gasteiger partial charge in [0.25, 0.3) is 0 Å². The first-order valence-corrected chi connectivity index (χ1v) is 2.47. The summed E-state index contributed by atoms with van der Waals surface area (Å²) in [5.41, 5.74) is 3.51. The molecule has 1 N–H and O–H groups in total. The minimum Gasteiger partial charge on any atom is -0.396 e. The van der Waals surface area contributed by atoms with E-state index >= 15 is 0 Å². The molecule has 0 saturated heterocycles. The smallest absolute Gasteiger partial charge is 0.0477 e. The van der Waals surface area contributed by atoms with Gasteiger partial charge in [-0.1, -0.05) is 19.2 Å². The first kappa shape index (κ1) is 7.22. The highest BCUT2D eigenvalue weighted by molar-refractivity contribution is 5.13. The molecule has 0 amide bonds. The van der Waals surface area contributed by atoms with Crippen LogP contribution in [0.15, 0.2) is 30.5 Å². The molecule has 1 nitrogen and oxygen atoms in total. The molecule has 0 atom stereocenters. The fraction of sp³-hybridized carbons (Fsp3) is 0.286. The molecule has 0 saturated carbocycles. The molecule has 0 aliphatic rings. The van der Waals surface area contributed by atoms with Crippen molar-refractivity contribution in [1.82, 2.24) is 0 Å². The predicted octanol–water partition coefficient (Wildman–Crippen LogP) is 1.27. The third kappa shape index (κ3) is 2.40. The molecule has 0 aliphatic heterocycles. The minimum absolute atomic E-state index is 0.143. The van der Waals surface area contributed by atoms with Gasteiger partial charge < -0.3 is 5.11 Å². The maximum absolute atomic E-state index is 8.36. The van der Waals surface area contributed by atoms with Gasteiger partial charge in [0.1, 0.15) is 0 Å². The fourth-order valence-electron chi connectivity index (χ4n) is 0.383. The maximum Gasteiger partial charge on any atom is 0.0477 e. The Morgan fingerprint density at radius 1 is 1.75 bits per heavy atom. The van der Waals surface area contributed by atoms with Crippen molar-refractivity contribution in [3.63, 3.8) is 0 Å². The second-order valence-electron chi connectivity index (χ2n) is 1.38. The Morgan fingerprint density at radius 2 is 2.38 bits per heavy atom. The summed E-state index contributed by atoms with van der Waals surface area (Å²) < 4.78 is 0. The Labute approximate surface area is 49.7 Å². The van der Waals surface area contributed by atoms with Crippen LogP contribution in [-0.4, -0.2) is 11.7 Å². The molecule has 44 valence electrons. The molecular weight excluding hydrogens is 100 g/mol. The van der Waals surface area contributed by atoms with Gasteiger partial charge in [-0.3, -0.25) is 0 Å². The van der Waals surface area contributed by atoms with Crippen LogP contribution in [0.4, 0.5) is 0 Å². The van der Waals surface area contributed by atoms with Crippen molar-refractivity contribution >= 4 is 0 Å². The summed E-state index contributed by atoms with van der Waals surface area (Å²) in [5.74, 6) is 0. The largest absolute Gasteiger partial charge is 0.396 e. The zero-order valence-electron chi connectivity index (χ0n) is 4.85. The van der Waals surface area contributed by atoms with Gasteiger partial charge >= 0.3 is 0 Å². The van der Waals surface area contributed by atoms with Crippen molar-refractivity contribution in [2.45, 2.75) is 6.42 Å². The Kier molecular flexibility index (Phi) is 3.95. The lowest BCUT2D eigenvalue weighted by atomic mass is 10.2. The van der Waals surface area contributed by atoms with Gasteiger partial charge in [0, 0.05) is 13.0 Å². The monoisotopic (exact) mass is 110 g/mol. The van der Waals surface area contributed by atoms with Crippen LogP contribution < -0.4 is 0 Å². The van der Waals surface area contributed by atoms with Crippen molar-refractivity contribution in [3.05, 3.63) is 30.5 Å². The molecule has 0 bridgehead atoms. The number of aliphatic hydroxyl groups excluding tert-OH is 1. The highest BCUT2D eigenvalue weighted by Gasteiger charge is 1.83. The molecule has 0 aromatic carbocycles. The molecule has 0 aliphatic carbocycles. The van der Waals surface area contributed by atoms with Crippen molar-refractivity contribution in [2.75, 3.05) is 6.61 Å². The molecule has 0 unspecified atom stereocenters. The number of hydrogen-bond donors (Lipinski definition) is 1. The van der Waals surface area contributed by atoms with E-state index in [9.17, 15) is 0 Å². The first-order valence-electron chi connectivity index (χ1n) is 2.47. The first-order chi connectivity index (χ1) is 3.85. The summed E-state index contributed by atoms with van der Waals surface area (Å²) in [7, 11) is 0. The van der Waals surface area contributed by atoms with Gasteiger partial charge in [-0.05, 0) is 5.57 Å². The molecule has 1 heteroatoms. The fourth-order valence-corrected chi connectivity index (χ4v) is 0.383. The van der Waals surface area contributed by atoms with Crippen LogP contribution in [-0.2, 0) is 0 Å². The van der Waals surface area contributed by atoms with Gasteiger partial charge in [-0.25, -0.2) is 0 Å². The highest BCUT2D eigenvalue weighted by atomic mass is 16.2. The van der Waals surface area contributed by atoms with Crippen LogP contribution in [0.25, 0.3) is 0 Å². The van der Waals surface area contributed by atoms with E-state index in [4.69, 9.17) is 5.11 Å². The van der Waals surface area contributed by atoms with E-state index in [0.717, 1.165) is 5.57 Å². The lowest BCUT2D eigenvalue weighted by Crippen LogP contribution is -1.81. The van der Waals surface area contributed by atoms with Crippen LogP contribution >= 0.6 is 0 Å². The average molecular weight is 110 g/mol. The second-order valence-corrected chi connectivity index (χ2v) is 1.38. The molecule has 0 aromatic rings. The Balaban J connectivity index is 3.72. The Hall–Kier alpha value is -0.780. The van der Waals surface area contributed by atoms with Crippen LogP contribution in [0.3, 0.4) is 0 Å². The SMILES string of the molecule is C=C=C(C=C)CCO. The maximum atomic E-state index is 8.36. The van der Waals surface area contributed by atoms with E-state index in [1.807, 2.05) is 0 Å². The number of aliphatic hydroxyl groups is 1. The van der Waals surface area contributed by atoms with E-state index < -0.39 is 0 Å². The molecule has 0 aromatic heterocycles. The lowest BCUT2D eigenvalue weighted by Gasteiger charge is -1.89. The lowest BCUT2D eigenvalue weighted by molar-refractivity contribution is 0.300. The van der Waals surface area contributed by atoms with Gasteiger partial charge in [0.2, 0.25) is 0 Å². The third-order valence-electron chi connectivity index (χ3n) is 0.855. The van der Waals surface area contributed by atoms with Gasteiger partial charge in [-0.2, -0.15) is 0 Å². The number of hydrogen-bond acceptors (Lipinski definition) is 1. The quantitative estimate of drug-likeness (QED) is 0.428. The normalized spacial score (nSPS) is 7.62. The summed E-state index contributed by atoms with van der Waals surface area (Å²) in [6.45, 7) is 7.05. The van der Waals surface area contributed by atoms with E-state index in [2.05, 4.69) is 18.9 Å². The summed E-state index contributed by atoms with van der Waals surface area (Å²) in [6, 6.07) is 0. The topological polar surface area (TPSA) is 20.2 Å². The van der Waals surface area contributed by atoms with Crippen molar-refractivity contribution in [3.8, 4) is 0 Å². The van der Waals surface area contributed by atoms with E-state index in [1.54, 1.807) is 6.08 Å². The second kappa shape index (κ2) is 4.38. The zero-order valence-corrected chi connectivity index (χ0v) is 4.85. The molecule has 0 rings (SSSR count). The Bertz CT molecular complexity index is 118. The average Bonchev–Trinajstić information content (AvgIpc) is 1.83. The predicted molar refractivity (Wildman–Crippen MR) is 34.6 cm³/mol. The third-order valence-corrected chi connectivity index (χ3v) is 0.855. The summed E-state index contributed by atoms with van der Waals surface area (Å²) in [4.78, 5) is 0. The van der Waals surface area contributed by atoms with Crippen LogP contribution in [0.2, 0.25) is 0 Å². The van der Waals surface area contributed by atoms with Crippen molar-refractivity contribution < 1.29 is 5.11 Å². The number of allylic oxidation sites excluding steroid dienone is 1. The standard InChI is InChI=1S/C7H10O/c1-3-7(4-2)5-6-8/h3,8H,1-2,5-6H2. The van der Waals surface area contributed by atoms with Gasteiger partial charge in [0.05, 0.1) is 0 Å². The molecular formula is C7H10O. The Morgan fingerprint density at radius 3 is 2.50 bits per heavy atom. The van der Waals surface area contributed by atoms with E-state index in [0.29, 0.717) is 6.42 Å². The van der Waals surface area contributed by atoms with Gasteiger partial charge in [0.15, 0.2) is 0 Å². The number of rotatable bonds is 3. The van der Waals surface area contributed by atoms with E-state index in [-0.39, 0.29) is 6.61 Å². The van der Waals surface area contributed by atoms with Crippen molar-refractivity contribution in [1.29, 1.82) is 0 Å². The molecule has 8 heavy (non-hydrogen) atoms. The van der Waals surface area contributed by atoms with Crippen molar-refractivity contribution in [2.24, 2.45) is 0 Å². The summed E-state index contributed by atoms with van der Waals surface area (Å²) >= 11 is 0.